The van der Waals surface area contributed by atoms with Crippen molar-refractivity contribution >= 4 is 27.7 Å². The van der Waals surface area contributed by atoms with Crippen LogP contribution in [-0.4, -0.2) is 74.7 Å². The van der Waals surface area contributed by atoms with E-state index in [-0.39, 0.29) is 23.8 Å². The monoisotopic (exact) mass is 507 g/mol. The number of carbonyl (C=O) groups excluding carboxylic acids is 1. The number of hydroxylamine groups is 1. The molecule has 0 spiro atoms. The van der Waals surface area contributed by atoms with Crippen molar-refractivity contribution in [2.45, 2.75) is 35.0 Å². The third-order valence-electron chi connectivity index (χ3n) is 5.66. The first-order valence-corrected chi connectivity index (χ1v) is 13.6. The molecule has 0 aromatic heterocycles. The molecule has 0 aliphatic carbocycles. The van der Waals surface area contributed by atoms with Gasteiger partial charge in [-0.1, -0.05) is 36.4 Å². The predicted octanol–water partition coefficient (Wildman–Crippen LogP) is 3.00. The minimum absolute atomic E-state index is 0.0339. The van der Waals surface area contributed by atoms with E-state index in [1.807, 2.05) is 43.3 Å². The molecule has 186 valence electrons. The van der Waals surface area contributed by atoms with Gasteiger partial charge >= 0.3 is 0 Å². The largest absolute Gasteiger partial charge is 0.379 e. The summed E-state index contributed by atoms with van der Waals surface area (Å²) in [5.74, 6) is -0.793. The van der Waals surface area contributed by atoms with E-state index in [0.717, 1.165) is 22.9 Å². The second kappa shape index (κ2) is 12.7. The van der Waals surface area contributed by atoms with Gasteiger partial charge in [-0.3, -0.25) is 14.9 Å². The maximum atomic E-state index is 13.5. The summed E-state index contributed by atoms with van der Waals surface area (Å²) in [7, 11) is -3.76. The smallest absolute Gasteiger partial charge is 0.243 e. The summed E-state index contributed by atoms with van der Waals surface area (Å²) in [4.78, 5) is 16.0. The number of nitrogens with zero attached hydrogens (tertiary/aromatic N) is 2. The third-order valence-corrected chi connectivity index (χ3v) is 8.56. The molecule has 1 saturated heterocycles. The number of hydrogen-bond donors (Lipinski definition) is 2. The Morgan fingerprint density at radius 1 is 1.12 bits per heavy atom. The van der Waals surface area contributed by atoms with Crippen LogP contribution < -0.4 is 5.48 Å². The molecule has 1 amide bonds. The molecule has 1 aliphatic rings. The predicted molar refractivity (Wildman–Crippen MR) is 131 cm³/mol. The highest BCUT2D eigenvalue weighted by Crippen LogP contribution is 2.29. The van der Waals surface area contributed by atoms with Crippen LogP contribution in [0.4, 0.5) is 0 Å². The van der Waals surface area contributed by atoms with Crippen LogP contribution in [0.2, 0.25) is 0 Å². The SMILES string of the molecule is Cc1ccc(Sc2ccc(S(=O)(=O)N(CCN3CCOCC3)CC(C)CC(=O)NO)cc2)cc1. The Bertz CT molecular complexity index is 1020. The summed E-state index contributed by atoms with van der Waals surface area (Å²) in [5.41, 5.74) is 2.81. The standard InChI is InChI=1S/C24H33N3O5S2/c1-19-3-5-21(6-4-19)33-22-7-9-23(10-8-22)34(30,31)27(18-20(2)17-24(28)25-29)12-11-26-13-15-32-16-14-26/h3-10,20,29H,11-18H2,1-2H3,(H,25,28). The zero-order valence-corrected chi connectivity index (χ0v) is 21.3. The number of aryl methyl sites for hydroxylation is 1. The minimum Gasteiger partial charge on any atom is -0.379 e. The molecule has 8 nitrogen and oxygen atoms in total. The molecule has 3 rings (SSSR count). The van der Waals surface area contributed by atoms with E-state index < -0.39 is 15.9 Å². The summed E-state index contributed by atoms with van der Waals surface area (Å²) in [6.07, 6.45) is 0.0339. The summed E-state index contributed by atoms with van der Waals surface area (Å²) < 4.78 is 33.9. The maximum Gasteiger partial charge on any atom is 0.243 e. The lowest BCUT2D eigenvalue weighted by molar-refractivity contribution is -0.130. The maximum absolute atomic E-state index is 13.5. The highest BCUT2D eigenvalue weighted by atomic mass is 32.2. The van der Waals surface area contributed by atoms with Crippen LogP contribution in [0.5, 0.6) is 0 Å². The highest BCUT2D eigenvalue weighted by Gasteiger charge is 2.27. The molecule has 2 N–H and O–H groups in total. The number of rotatable bonds is 11. The quantitative estimate of drug-likeness (QED) is 0.356. The van der Waals surface area contributed by atoms with Gasteiger partial charge in [0.2, 0.25) is 15.9 Å². The van der Waals surface area contributed by atoms with E-state index in [9.17, 15) is 13.2 Å². The summed E-state index contributed by atoms with van der Waals surface area (Å²) in [6.45, 7) is 7.72. The lowest BCUT2D eigenvalue weighted by atomic mass is 10.1. The number of hydrogen-bond acceptors (Lipinski definition) is 7. The minimum atomic E-state index is -3.76. The molecule has 1 unspecified atom stereocenters. The van der Waals surface area contributed by atoms with Crippen LogP contribution in [0.15, 0.2) is 63.2 Å². The Hall–Kier alpha value is -1.95. The second-order valence-electron chi connectivity index (χ2n) is 8.55. The van der Waals surface area contributed by atoms with Gasteiger partial charge in [-0.05, 0) is 49.2 Å². The van der Waals surface area contributed by atoms with Crippen molar-refractivity contribution < 1.29 is 23.2 Å². The molecule has 34 heavy (non-hydrogen) atoms. The first kappa shape index (κ1) is 26.7. The summed E-state index contributed by atoms with van der Waals surface area (Å²) >= 11 is 1.58. The van der Waals surface area contributed by atoms with Crippen molar-refractivity contribution in [3.8, 4) is 0 Å². The molecule has 1 atom stereocenters. The molecule has 1 heterocycles. The van der Waals surface area contributed by atoms with Crippen molar-refractivity contribution in [2.75, 3.05) is 45.9 Å². The first-order valence-electron chi connectivity index (χ1n) is 11.4. The number of amides is 1. The van der Waals surface area contributed by atoms with Crippen molar-refractivity contribution in [2.24, 2.45) is 5.92 Å². The van der Waals surface area contributed by atoms with E-state index in [2.05, 4.69) is 4.90 Å². The van der Waals surface area contributed by atoms with Crippen molar-refractivity contribution in [3.05, 3.63) is 54.1 Å². The van der Waals surface area contributed by atoms with E-state index in [4.69, 9.17) is 9.94 Å². The van der Waals surface area contributed by atoms with Gasteiger partial charge in [0.1, 0.15) is 0 Å². The molecule has 0 bridgehead atoms. The Morgan fingerprint density at radius 3 is 2.29 bits per heavy atom. The van der Waals surface area contributed by atoms with E-state index in [1.54, 1.807) is 36.3 Å². The van der Waals surface area contributed by atoms with Crippen LogP contribution in [0.25, 0.3) is 0 Å². The first-order chi connectivity index (χ1) is 16.3. The molecular weight excluding hydrogens is 474 g/mol. The van der Waals surface area contributed by atoms with Gasteiger partial charge in [0, 0.05) is 48.9 Å². The van der Waals surface area contributed by atoms with Gasteiger partial charge < -0.3 is 4.74 Å². The average Bonchev–Trinajstić information content (AvgIpc) is 2.84. The Morgan fingerprint density at radius 2 is 1.71 bits per heavy atom. The zero-order chi connectivity index (χ0) is 24.6. The molecule has 0 saturated carbocycles. The number of nitrogens with one attached hydrogen (secondary N) is 1. The molecule has 2 aromatic rings. The fourth-order valence-corrected chi connectivity index (χ4v) is 6.10. The van der Waals surface area contributed by atoms with E-state index in [1.165, 1.54) is 9.87 Å². The fourth-order valence-electron chi connectivity index (χ4n) is 3.73. The number of morpholine rings is 1. The Balaban J connectivity index is 1.73. The lowest BCUT2D eigenvalue weighted by Gasteiger charge is -2.30. The molecular formula is C24H33N3O5S2. The average molecular weight is 508 g/mol. The number of benzene rings is 2. The topological polar surface area (TPSA) is 99.2 Å². The van der Waals surface area contributed by atoms with Crippen LogP contribution >= 0.6 is 11.8 Å². The molecule has 10 heteroatoms. The Kier molecular flexibility index (Phi) is 9.93. The van der Waals surface area contributed by atoms with E-state index in [0.29, 0.717) is 26.3 Å². The number of carbonyl (C=O) groups is 1. The molecule has 1 fully saturated rings. The van der Waals surface area contributed by atoms with Gasteiger partial charge in [0.25, 0.3) is 0 Å². The Labute approximate surface area is 206 Å². The summed E-state index contributed by atoms with van der Waals surface area (Å²) in [5, 5.41) is 8.82. The highest BCUT2D eigenvalue weighted by molar-refractivity contribution is 7.99. The van der Waals surface area contributed by atoms with Gasteiger partial charge in [0.05, 0.1) is 18.1 Å². The van der Waals surface area contributed by atoms with Gasteiger partial charge in [-0.15, -0.1) is 0 Å². The van der Waals surface area contributed by atoms with Crippen LogP contribution in [0.1, 0.15) is 18.9 Å². The van der Waals surface area contributed by atoms with Crippen molar-refractivity contribution in [1.29, 1.82) is 0 Å². The van der Waals surface area contributed by atoms with Gasteiger partial charge in [0.15, 0.2) is 0 Å². The normalized spacial score (nSPS) is 15.9. The number of sulfonamides is 1. The summed E-state index contributed by atoms with van der Waals surface area (Å²) in [6, 6.07) is 15.1. The van der Waals surface area contributed by atoms with Gasteiger partial charge in [-0.25, -0.2) is 13.9 Å². The lowest BCUT2D eigenvalue weighted by Crippen LogP contribution is -2.44. The molecule has 0 radical (unpaired) electrons. The third kappa shape index (κ3) is 7.79. The molecule has 2 aromatic carbocycles. The van der Waals surface area contributed by atoms with Crippen LogP contribution in [0.3, 0.4) is 0 Å². The van der Waals surface area contributed by atoms with Crippen LogP contribution in [0, 0.1) is 12.8 Å². The molecule has 1 aliphatic heterocycles. The van der Waals surface area contributed by atoms with Crippen molar-refractivity contribution in [1.82, 2.24) is 14.7 Å². The van der Waals surface area contributed by atoms with Gasteiger partial charge in [-0.2, -0.15) is 4.31 Å². The zero-order valence-electron chi connectivity index (χ0n) is 19.6. The van der Waals surface area contributed by atoms with Crippen LogP contribution in [-0.2, 0) is 19.6 Å². The fraction of sp³-hybridized carbons (Fsp3) is 0.458. The van der Waals surface area contributed by atoms with E-state index >= 15 is 0 Å². The number of ether oxygens (including phenoxy) is 1. The second-order valence-corrected chi connectivity index (χ2v) is 11.6. The van der Waals surface area contributed by atoms with Crippen molar-refractivity contribution in [3.63, 3.8) is 0 Å².